The second kappa shape index (κ2) is 6.37. The van der Waals surface area contributed by atoms with Gasteiger partial charge in [0.2, 0.25) is 5.91 Å². The van der Waals surface area contributed by atoms with Gasteiger partial charge in [0, 0.05) is 37.6 Å². The van der Waals surface area contributed by atoms with Crippen LogP contribution in [0.2, 0.25) is 0 Å². The van der Waals surface area contributed by atoms with E-state index in [-0.39, 0.29) is 11.9 Å². The average molecular weight is 275 g/mol. The maximum atomic E-state index is 11.9. The van der Waals surface area contributed by atoms with Crippen molar-refractivity contribution in [1.82, 2.24) is 10.2 Å². The SMILES string of the molecule is CC(C)(N)CC(=O)NC1CCN(Cc2ccccc2)C1. The normalized spacial score (nSPS) is 20.1. The Kier molecular flexibility index (Phi) is 4.78. The van der Waals surface area contributed by atoms with E-state index in [0.29, 0.717) is 6.42 Å². The second-order valence-corrected chi connectivity index (χ2v) is 6.44. The fourth-order valence-electron chi connectivity index (χ4n) is 2.63. The molecule has 0 spiro atoms. The first-order valence-electron chi connectivity index (χ1n) is 7.27. The van der Waals surface area contributed by atoms with Crippen LogP contribution in [0.4, 0.5) is 0 Å². The second-order valence-electron chi connectivity index (χ2n) is 6.44. The molecule has 2 rings (SSSR count). The van der Waals surface area contributed by atoms with E-state index in [1.165, 1.54) is 5.56 Å². The van der Waals surface area contributed by atoms with Crippen LogP contribution in [0.25, 0.3) is 0 Å². The third kappa shape index (κ3) is 4.94. The Morgan fingerprint density at radius 2 is 2.10 bits per heavy atom. The summed E-state index contributed by atoms with van der Waals surface area (Å²) < 4.78 is 0. The lowest BCUT2D eigenvalue weighted by Gasteiger charge is -2.20. The zero-order valence-corrected chi connectivity index (χ0v) is 12.4. The van der Waals surface area contributed by atoms with Crippen LogP contribution in [-0.4, -0.2) is 35.5 Å². The molecule has 0 aliphatic carbocycles. The first kappa shape index (κ1) is 15.0. The van der Waals surface area contributed by atoms with Crippen molar-refractivity contribution in [3.63, 3.8) is 0 Å². The molecular formula is C16H25N3O. The van der Waals surface area contributed by atoms with Gasteiger partial charge in [0.1, 0.15) is 0 Å². The number of carbonyl (C=O) groups excluding carboxylic acids is 1. The number of nitrogens with zero attached hydrogens (tertiary/aromatic N) is 1. The van der Waals surface area contributed by atoms with E-state index in [2.05, 4.69) is 34.5 Å². The van der Waals surface area contributed by atoms with E-state index in [1.807, 2.05) is 19.9 Å². The topological polar surface area (TPSA) is 58.4 Å². The quantitative estimate of drug-likeness (QED) is 0.856. The lowest BCUT2D eigenvalue weighted by atomic mass is 10.0. The van der Waals surface area contributed by atoms with E-state index in [9.17, 15) is 4.79 Å². The van der Waals surface area contributed by atoms with E-state index in [4.69, 9.17) is 5.73 Å². The summed E-state index contributed by atoms with van der Waals surface area (Å²) in [5, 5.41) is 3.09. The molecule has 1 saturated heterocycles. The minimum absolute atomic E-state index is 0.0593. The van der Waals surface area contributed by atoms with Crippen LogP contribution >= 0.6 is 0 Å². The summed E-state index contributed by atoms with van der Waals surface area (Å²) >= 11 is 0. The van der Waals surface area contributed by atoms with E-state index in [1.54, 1.807) is 0 Å². The van der Waals surface area contributed by atoms with Crippen molar-refractivity contribution < 1.29 is 4.79 Å². The highest BCUT2D eigenvalue weighted by molar-refractivity contribution is 5.77. The van der Waals surface area contributed by atoms with Gasteiger partial charge in [-0.15, -0.1) is 0 Å². The zero-order chi connectivity index (χ0) is 14.6. The van der Waals surface area contributed by atoms with E-state index in [0.717, 1.165) is 26.1 Å². The summed E-state index contributed by atoms with van der Waals surface area (Å²) in [6, 6.07) is 10.7. The van der Waals surface area contributed by atoms with E-state index < -0.39 is 5.54 Å². The first-order valence-corrected chi connectivity index (χ1v) is 7.27. The minimum Gasteiger partial charge on any atom is -0.352 e. The molecule has 1 aliphatic rings. The Bertz CT molecular complexity index is 439. The number of nitrogens with two attached hydrogens (primary N) is 1. The third-order valence-corrected chi connectivity index (χ3v) is 3.50. The van der Waals surface area contributed by atoms with Crippen molar-refractivity contribution in [2.45, 2.75) is 44.8 Å². The van der Waals surface area contributed by atoms with Crippen molar-refractivity contribution in [3.8, 4) is 0 Å². The Balaban J connectivity index is 1.77. The van der Waals surface area contributed by atoms with Gasteiger partial charge in [-0.25, -0.2) is 0 Å². The molecule has 3 N–H and O–H groups in total. The predicted molar refractivity (Wildman–Crippen MR) is 81.2 cm³/mol. The number of nitrogens with one attached hydrogen (secondary N) is 1. The molecule has 1 unspecified atom stereocenters. The zero-order valence-electron chi connectivity index (χ0n) is 12.4. The standard InChI is InChI=1S/C16H25N3O/c1-16(2,17)10-15(20)18-14-8-9-19(12-14)11-13-6-4-3-5-7-13/h3-7,14H,8-12,17H2,1-2H3,(H,18,20). The van der Waals surface area contributed by atoms with Crippen LogP contribution in [0.5, 0.6) is 0 Å². The summed E-state index contributed by atoms with van der Waals surface area (Å²) in [5.41, 5.74) is 6.75. The van der Waals surface area contributed by atoms with Gasteiger partial charge in [0.05, 0.1) is 0 Å². The lowest BCUT2D eigenvalue weighted by molar-refractivity contribution is -0.122. The van der Waals surface area contributed by atoms with Gasteiger partial charge in [0.25, 0.3) is 0 Å². The smallest absolute Gasteiger partial charge is 0.222 e. The lowest BCUT2D eigenvalue weighted by Crippen LogP contribution is -2.43. The molecule has 1 heterocycles. The number of amides is 1. The van der Waals surface area contributed by atoms with Crippen LogP contribution in [0.3, 0.4) is 0 Å². The fraction of sp³-hybridized carbons (Fsp3) is 0.562. The molecule has 110 valence electrons. The largest absolute Gasteiger partial charge is 0.352 e. The molecule has 1 atom stereocenters. The van der Waals surface area contributed by atoms with E-state index >= 15 is 0 Å². The number of likely N-dealkylation sites (tertiary alicyclic amines) is 1. The maximum Gasteiger partial charge on any atom is 0.222 e. The minimum atomic E-state index is -0.438. The molecule has 20 heavy (non-hydrogen) atoms. The van der Waals surface area contributed by atoms with Crippen LogP contribution in [-0.2, 0) is 11.3 Å². The van der Waals surface area contributed by atoms with Crippen molar-refractivity contribution >= 4 is 5.91 Å². The maximum absolute atomic E-state index is 11.9. The highest BCUT2D eigenvalue weighted by Crippen LogP contribution is 2.14. The molecule has 1 fully saturated rings. The molecule has 4 nitrogen and oxygen atoms in total. The van der Waals surface area contributed by atoms with Crippen molar-refractivity contribution in [2.75, 3.05) is 13.1 Å². The van der Waals surface area contributed by atoms with Crippen molar-refractivity contribution in [3.05, 3.63) is 35.9 Å². The van der Waals surface area contributed by atoms with Crippen LogP contribution in [0, 0.1) is 0 Å². The van der Waals surface area contributed by atoms with Crippen LogP contribution < -0.4 is 11.1 Å². The Morgan fingerprint density at radius 3 is 2.75 bits per heavy atom. The summed E-state index contributed by atoms with van der Waals surface area (Å²) in [6.07, 6.45) is 1.39. The molecule has 0 bridgehead atoms. The summed E-state index contributed by atoms with van der Waals surface area (Å²) in [4.78, 5) is 14.3. The van der Waals surface area contributed by atoms with Crippen molar-refractivity contribution in [1.29, 1.82) is 0 Å². The average Bonchev–Trinajstić information content (AvgIpc) is 2.75. The number of carbonyl (C=O) groups is 1. The predicted octanol–water partition coefficient (Wildman–Crippen LogP) is 1.50. The number of rotatable bonds is 5. The molecule has 0 saturated carbocycles. The molecule has 0 aromatic heterocycles. The van der Waals surface area contributed by atoms with Gasteiger partial charge in [-0.3, -0.25) is 9.69 Å². The molecule has 1 amide bonds. The molecule has 0 radical (unpaired) electrons. The van der Waals surface area contributed by atoms with Crippen molar-refractivity contribution in [2.24, 2.45) is 5.73 Å². The molecule has 1 aliphatic heterocycles. The number of benzene rings is 1. The highest BCUT2D eigenvalue weighted by Gasteiger charge is 2.25. The van der Waals surface area contributed by atoms with Gasteiger partial charge < -0.3 is 11.1 Å². The Morgan fingerprint density at radius 1 is 1.40 bits per heavy atom. The Labute approximate surface area is 121 Å². The van der Waals surface area contributed by atoms with Gasteiger partial charge in [-0.2, -0.15) is 0 Å². The summed E-state index contributed by atoms with van der Waals surface area (Å²) in [7, 11) is 0. The Hall–Kier alpha value is -1.39. The molecule has 1 aromatic rings. The first-order chi connectivity index (χ1) is 9.42. The van der Waals surface area contributed by atoms with Crippen LogP contribution in [0.1, 0.15) is 32.3 Å². The number of hydrogen-bond acceptors (Lipinski definition) is 3. The van der Waals surface area contributed by atoms with Gasteiger partial charge >= 0.3 is 0 Å². The van der Waals surface area contributed by atoms with Gasteiger partial charge in [0.15, 0.2) is 0 Å². The van der Waals surface area contributed by atoms with Crippen LogP contribution in [0.15, 0.2) is 30.3 Å². The number of hydrogen-bond donors (Lipinski definition) is 2. The highest BCUT2D eigenvalue weighted by atomic mass is 16.1. The summed E-state index contributed by atoms with van der Waals surface area (Å²) in [5.74, 6) is 0.0593. The van der Waals surface area contributed by atoms with Gasteiger partial charge in [-0.05, 0) is 25.8 Å². The molecule has 1 aromatic carbocycles. The van der Waals surface area contributed by atoms with Gasteiger partial charge in [-0.1, -0.05) is 30.3 Å². The monoisotopic (exact) mass is 275 g/mol. The fourth-order valence-corrected chi connectivity index (χ4v) is 2.63. The molecular weight excluding hydrogens is 250 g/mol. The third-order valence-electron chi connectivity index (χ3n) is 3.50. The molecule has 4 heteroatoms. The summed E-state index contributed by atoms with van der Waals surface area (Å²) in [6.45, 7) is 6.67.